The Kier molecular flexibility index (Phi) is 7.06. The summed E-state index contributed by atoms with van der Waals surface area (Å²) in [5.74, 6) is 0.873. The minimum atomic E-state index is 0.446. The van der Waals surface area contributed by atoms with Gasteiger partial charge in [0.2, 0.25) is 0 Å². The fraction of sp³-hybridized carbons (Fsp3) is 1.00. The molecule has 0 amide bonds. The van der Waals surface area contributed by atoms with Gasteiger partial charge in [-0.15, -0.1) is 0 Å². The zero-order valence-electron chi connectivity index (χ0n) is 11.2. The van der Waals surface area contributed by atoms with Crippen LogP contribution in [-0.2, 0) is 0 Å². The quantitative estimate of drug-likeness (QED) is 0.700. The van der Waals surface area contributed by atoms with E-state index < -0.39 is 0 Å². The fourth-order valence-electron chi connectivity index (χ4n) is 2.69. The van der Waals surface area contributed by atoms with Crippen molar-refractivity contribution >= 4 is 0 Å². The summed E-state index contributed by atoms with van der Waals surface area (Å²) < 4.78 is 0. The third-order valence-corrected chi connectivity index (χ3v) is 3.95. The van der Waals surface area contributed by atoms with Gasteiger partial charge in [0.1, 0.15) is 0 Å². The van der Waals surface area contributed by atoms with Crippen LogP contribution in [0.25, 0.3) is 0 Å². The van der Waals surface area contributed by atoms with E-state index in [4.69, 9.17) is 5.73 Å². The Balaban J connectivity index is 2.15. The Bertz CT molecular complexity index is 170. The molecule has 0 aliphatic heterocycles. The number of nitrogens with one attached hydrogen (secondary N) is 1. The molecule has 0 aromatic rings. The molecule has 0 aromatic carbocycles. The van der Waals surface area contributed by atoms with Crippen LogP contribution in [0.15, 0.2) is 0 Å². The van der Waals surface area contributed by atoms with Gasteiger partial charge >= 0.3 is 0 Å². The van der Waals surface area contributed by atoms with Crippen LogP contribution in [0.2, 0.25) is 0 Å². The summed E-state index contributed by atoms with van der Waals surface area (Å²) >= 11 is 0. The average molecular weight is 226 g/mol. The third-order valence-electron chi connectivity index (χ3n) is 3.95. The lowest BCUT2D eigenvalue weighted by molar-refractivity contribution is 0.311. The highest BCUT2D eigenvalue weighted by Gasteiger charge is 2.19. The van der Waals surface area contributed by atoms with E-state index in [9.17, 15) is 0 Å². The Labute approximate surface area is 101 Å². The minimum Gasteiger partial charge on any atom is -0.328 e. The van der Waals surface area contributed by atoms with E-state index in [1.807, 2.05) is 0 Å². The highest BCUT2D eigenvalue weighted by atomic mass is 14.9. The summed E-state index contributed by atoms with van der Waals surface area (Å²) in [5, 5.41) is 3.73. The van der Waals surface area contributed by atoms with Crippen molar-refractivity contribution in [2.45, 2.75) is 77.3 Å². The first kappa shape index (κ1) is 14.0. The first-order valence-electron chi connectivity index (χ1n) is 7.25. The maximum absolute atomic E-state index is 6.00. The fourth-order valence-corrected chi connectivity index (χ4v) is 2.69. The summed E-state index contributed by atoms with van der Waals surface area (Å²) in [6, 6.07) is 1.14. The van der Waals surface area contributed by atoms with Gasteiger partial charge in [-0.2, -0.15) is 0 Å². The van der Waals surface area contributed by atoms with Gasteiger partial charge in [-0.3, -0.25) is 0 Å². The number of nitrogens with two attached hydrogens (primary N) is 1. The Morgan fingerprint density at radius 1 is 1.31 bits per heavy atom. The summed E-state index contributed by atoms with van der Waals surface area (Å²) in [4.78, 5) is 0. The number of hydrogen-bond donors (Lipinski definition) is 2. The lowest BCUT2D eigenvalue weighted by Crippen LogP contribution is -2.41. The second-order valence-electron chi connectivity index (χ2n) is 5.45. The zero-order valence-corrected chi connectivity index (χ0v) is 11.2. The van der Waals surface area contributed by atoms with Crippen LogP contribution in [0.3, 0.4) is 0 Å². The summed E-state index contributed by atoms with van der Waals surface area (Å²) in [6.45, 7) is 5.79. The largest absolute Gasteiger partial charge is 0.328 e. The van der Waals surface area contributed by atoms with Crippen molar-refractivity contribution in [2.24, 2.45) is 11.7 Å². The molecular weight excluding hydrogens is 196 g/mol. The van der Waals surface area contributed by atoms with Gasteiger partial charge in [-0.1, -0.05) is 39.5 Å². The summed E-state index contributed by atoms with van der Waals surface area (Å²) in [5.41, 5.74) is 6.00. The van der Waals surface area contributed by atoms with E-state index >= 15 is 0 Å². The molecule has 3 N–H and O–H groups in total. The first-order valence-corrected chi connectivity index (χ1v) is 7.25. The Hall–Kier alpha value is -0.0800. The molecule has 0 saturated heterocycles. The van der Waals surface area contributed by atoms with Crippen molar-refractivity contribution in [1.82, 2.24) is 5.32 Å². The van der Waals surface area contributed by atoms with E-state index in [0.717, 1.165) is 5.92 Å². The first-order chi connectivity index (χ1) is 7.76. The number of hydrogen-bond acceptors (Lipinski definition) is 2. The van der Waals surface area contributed by atoms with E-state index in [1.165, 1.54) is 57.9 Å². The van der Waals surface area contributed by atoms with Crippen LogP contribution in [0.4, 0.5) is 0 Å². The molecule has 16 heavy (non-hydrogen) atoms. The van der Waals surface area contributed by atoms with Crippen LogP contribution in [-0.4, -0.2) is 18.6 Å². The maximum Gasteiger partial charge on any atom is 0.00819 e. The van der Waals surface area contributed by atoms with Gasteiger partial charge in [-0.05, 0) is 38.1 Å². The van der Waals surface area contributed by atoms with Gasteiger partial charge in [0.25, 0.3) is 0 Å². The number of rotatable bonds is 7. The van der Waals surface area contributed by atoms with Crippen molar-refractivity contribution in [3.63, 3.8) is 0 Å². The van der Waals surface area contributed by atoms with Gasteiger partial charge in [-0.25, -0.2) is 0 Å². The molecule has 0 aromatic heterocycles. The predicted octanol–water partition coefficient (Wildman–Crippen LogP) is 3.06. The highest BCUT2D eigenvalue weighted by Crippen LogP contribution is 2.18. The minimum absolute atomic E-state index is 0.446. The van der Waals surface area contributed by atoms with Crippen molar-refractivity contribution in [1.29, 1.82) is 0 Å². The predicted molar refractivity (Wildman–Crippen MR) is 71.5 cm³/mol. The molecule has 2 heteroatoms. The van der Waals surface area contributed by atoms with E-state index in [-0.39, 0.29) is 0 Å². The molecule has 1 aliphatic carbocycles. The molecule has 0 radical (unpaired) electrons. The zero-order chi connectivity index (χ0) is 11.8. The van der Waals surface area contributed by atoms with Gasteiger partial charge in [0, 0.05) is 12.1 Å². The summed E-state index contributed by atoms with van der Waals surface area (Å²) in [6.07, 6.45) is 10.5. The maximum atomic E-state index is 6.00. The molecule has 1 fully saturated rings. The van der Waals surface area contributed by atoms with E-state index in [1.54, 1.807) is 0 Å². The monoisotopic (exact) mass is 226 g/mol. The normalized spacial score (nSPS) is 27.9. The van der Waals surface area contributed by atoms with E-state index in [2.05, 4.69) is 19.2 Å². The van der Waals surface area contributed by atoms with Crippen LogP contribution in [0, 0.1) is 5.92 Å². The third kappa shape index (κ3) is 5.31. The number of unbranched alkanes of at least 4 members (excludes halogenated alkanes) is 1. The van der Waals surface area contributed by atoms with Crippen molar-refractivity contribution < 1.29 is 0 Å². The van der Waals surface area contributed by atoms with Crippen molar-refractivity contribution in [2.75, 3.05) is 6.54 Å². The molecule has 1 rings (SSSR count). The molecule has 3 atom stereocenters. The molecule has 0 spiro atoms. The average Bonchev–Trinajstić information content (AvgIpc) is 2.29. The molecule has 1 aliphatic rings. The van der Waals surface area contributed by atoms with Gasteiger partial charge < -0.3 is 11.1 Å². The highest BCUT2D eigenvalue weighted by molar-refractivity contribution is 4.80. The molecule has 2 nitrogen and oxygen atoms in total. The molecule has 0 heterocycles. The van der Waals surface area contributed by atoms with Gasteiger partial charge in [0.05, 0.1) is 0 Å². The second kappa shape index (κ2) is 8.08. The van der Waals surface area contributed by atoms with Crippen LogP contribution < -0.4 is 11.1 Å². The lowest BCUT2D eigenvalue weighted by Gasteiger charge is -2.29. The second-order valence-corrected chi connectivity index (χ2v) is 5.45. The molecule has 0 bridgehead atoms. The topological polar surface area (TPSA) is 38.0 Å². The van der Waals surface area contributed by atoms with Crippen LogP contribution in [0.5, 0.6) is 0 Å². The van der Waals surface area contributed by atoms with Crippen LogP contribution in [0.1, 0.15) is 65.2 Å². The SMILES string of the molecule is CCCCC(CC)CNC1CCCC(N)C1. The lowest BCUT2D eigenvalue weighted by atomic mass is 9.91. The molecular formula is C14H30N2. The Morgan fingerprint density at radius 2 is 2.12 bits per heavy atom. The molecule has 1 saturated carbocycles. The van der Waals surface area contributed by atoms with Gasteiger partial charge in [0.15, 0.2) is 0 Å². The Morgan fingerprint density at radius 3 is 2.75 bits per heavy atom. The van der Waals surface area contributed by atoms with Crippen molar-refractivity contribution in [3.8, 4) is 0 Å². The van der Waals surface area contributed by atoms with E-state index in [0.29, 0.717) is 12.1 Å². The molecule has 3 unspecified atom stereocenters. The summed E-state index contributed by atoms with van der Waals surface area (Å²) in [7, 11) is 0. The standard InChI is InChI=1S/C14H30N2/c1-3-5-7-12(4-2)11-16-14-9-6-8-13(15)10-14/h12-14,16H,3-11,15H2,1-2H3. The molecule has 96 valence electrons. The smallest absolute Gasteiger partial charge is 0.00819 e. The van der Waals surface area contributed by atoms with Crippen molar-refractivity contribution in [3.05, 3.63) is 0 Å². The van der Waals surface area contributed by atoms with Crippen LogP contribution >= 0.6 is 0 Å².